The van der Waals surface area contributed by atoms with Gasteiger partial charge in [-0.25, -0.2) is 0 Å². The minimum Gasteiger partial charge on any atom is -0.481 e. The van der Waals surface area contributed by atoms with E-state index in [1.807, 2.05) is 0 Å². The fraction of sp³-hybridized carbons (Fsp3) is 0.889. The number of hydrogen-bond donors (Lipinski definition) is 2. The Balaban J connectivity index is 0.00000144. The van der Waals surface area contributed by atoms with Gasteiger partial charge in [0.15, 0.2) is 0 Å². The molecule has 1 rings (SSSR count). The zero-order chi connectivity index (χ0) is 9.14. The molecule has 0 spiro atoms. The molecule has 1 saturated carbocycles. The molecule has 0 aromatic heterocycles. The molecule has 0 radical (unpaired) electrons. The summed E-state index contributed by atoms with van der Waals surface area (Å²) in [5.41, 5.74) is 5.73. The van der Waals surface area contributed by atoms with E-state index in [1.165, 1.54) is 0 Å². The Hall–Kier alpha value is -0.280. The summed E-state index contributed by atoms with van der Waals surface area (Å²) in [6.45, 7) is 1.80. The van der Waals surface area contributed by atoms with E-state index in [0.717, 1.165) is 25.7 Å². The van der Waals surface area contributed by atoms with Gasteiger partial charge in [-0.05, 0) is 31.6 Å². The van der Waals surface area contributed by atoms with E-state index in [-0.39, 0.29) is 18.3 Å². The van der Waals surface area contributed by atoms with E-state index < -0.39 is 5.97 Å². The molecule has 0 aromatic carbocycles. The van der Waals surface area contributed by atoms with Crippen LogP contribution >= 0.6 is 12.4 Å². The van der Waals surface area contributed by atoms with Crippen molar-refractivity contribution in [3.63, 3.8) is 0 Å². The molecule has 1 aliphatic carbocycles. The van der Waals surface area contributed by atoms with Gasteiger partial charge in [-0.15, -0.1) is 12.4 Å². The largest absolute Gasteiger partial charge is 0.481 e. The van der Waals surface area contributed by atoms with Crippen LogP contribution in [-0.2, 0) is 4.79 Å². The third-order valence-corrected chi connectivity index (χ3v) is 2.91. The van der Waals surface area contributed by atoms with Crippen LogP contribution < -0.4 is 5.73 Å². The van der Waals surface area contributed by atoms with E-state index in [4.69, 9.17) is 10.8 Å². The highest BCUT2D eigenvalue weighted by atomic mass is 35.5. The minimum atomic E-state index is -0.671. The summed E-state index contributed by atoms with van der Waals surface area (Å²) < 4.78 is 0. The standard InChI is InChI=1S/C9H17NO2.ClH/c1-6(9(11)12)7-2-4-8(10)5-3-7;/h6-8H,2-5,10H2,1H3,(H,11,12);1H. The molecule has 1 atom stereocenters. The molecule has 0 aliphatic heterocycles. The van der Waals surface area contributed by atoms with Crippen molar-refractivity contribution < 1.29 is 9.90 Å². The van der Waals surface area contributed by atoms with Gasteiger partial charge >= 0.3 is 5.97 Å². The van der Waals surface area contributed by atoms with Crippen molar-refractivity contribution in [3.05, 3.63) is 0 Å². The first-order valence-corrected chi connectivity index (χ1v) is 4.59. The minimum absolute atomic E-state index is 0. The first-order chi connectivity index (χ1) is 5.61. The lowest BCUT2D eigenvalue weighted by Gasteiger charge is -2.28. The molecule has 0 bridgehead atoms. The molecule has 0 aromatic rings. The molecule has 13 heavy (non-hydrogen) atoms. The lowest BCUT2D eigenvalue weighted by molar-refractivity contribution is -0.143. The van der Waals surface area contributed by atoms with Gasteiger partial charge in [-0.1, -0.05) is 6.92 Å². The predicted octanol–water partition coefficient (Wildman–Crippen LogP) is 1.65. The van der Waals surface area contributed by atoms with Crippen LogP contribution in [0.4, 0.5) is 0 Å². The third kappa shape index (κ3) is 3.53. The van der Waals surface area contributed by atoms with Crippen LogP contribution in [0, 0.1) is 11.8 Å². The summed E-state index contributed by atoms with van der Waals surface area (Å²) in [5.74, 6) is -0.518. The van der Waals surface area contributed by atoms with E-state index in [9.17, 15) is 4.79 Å². The van der Waals surface area contributed by atoms with Gasteiger partial charge in [0.2, 0.25) is 0 Å². The van der Waals surface area contributed by atoms with Crippen molar-refractivity contribution in [2.45, 2.75) is 38.6 Å². The molecule has 3 N–H and O–H groups in total. The first-order valence-electron chi connectivity index (χ1n) is 4.59. The number of carbonyl (C=O) groups is 1. The number of halogens is 1. The molecule has 78 valence electrons. The fourth-order valence-electron chi connectivity index (χ4n) is 1.85. The molecule has 1 aliphatic rings. The predicted molar refractivity (Wildman–Crippen MR) is 54.0 cm³/mol. The van der Waals surface area contributed by atoms with Crippen molar-refractivity contribution in [1.29, 1.82) is 0 Å². The second-order valence-electron chi connectivity index (χ2n) is 3.80. The van der Waals surface area contributed by atoms with Gasteiger partial charge in [0.1, 0.15) is 0 Å². The summed E-state index contributed by atoms with van der Waals surface area (Å²) in [7, 11) is 0. The van der Waals surface area contributed by atoms with Crippen molar-refractivity contribution in [3.8, 4) is 0 Å². The van der Waals surface area contributed by atoms with Crippen LogP contribution in [0.25, 0.3) is 0 Å². The number of hydrogen-bond acceptors (Lipinski definition) is 2. The third-order valence-electron chi connectivity index (χ3n) is 2.91. The van der Waals surface area contributed by atoms with Gasteiger partial charge in [-0.2, -0.15) is 0 Å². The molecule has 4 heteroatoms. The molecule has 0 saturated heterocycles. The monoisotopic (exact) mass is 207 g/mol. The van der Waals surface area contributed by atoms with E-state index in [2.05, 4.69) is 0 Å². The molecule has 1 unspecified atom stereocenters. The first kappa shape index (κ1) is 12.7. The number of nitrogens with two attached hydrogens (primary N) is 1. The summed E-state index contributed by atoms with van der Waals surface area (Å²) in [6.07, 6.45) is 3.94. The van der Waals surface area contributed by atoms with Crippen LogP contribution in [0.2, 0.25) is 0 Å². The Bertz CT molecular complexity index is 167. The van der Waals surface area contributed by atoms with E-state index in [1.54, 1.807) is 6.92 Å². The maximum atomic E-state index is 10.6. The Labute approximate surface area is 85.1 Å². The molecule has 1 fully saturated rings. The van der Waals surface area contributed by atoms with Crippen LogP contribution in [0.15, 0.2) is 0 Å². The number of aliphatic carboxylic acids is 1. The summed E-state index contributed by atoms with van der Waals surface area (Å²) in [5, 5.41) is 8.77. The van der Waals surface area contributed by atoms with Crippen LogP contribution in [-0.4, -0.2) is 17.1 Å². The molecule has 3 nitrogen and oxygen atoms in total. The fourth-order valence-corrected chi connectivity index (χ4v) is 1.85. The maximum absolute atomic E-state index is 10.6. The Kier molecular flexibility index (Phi) is 5.33. The molecule has 0 amide bonds. The highest BCUT2D eigenvalue weighted by Crippen LogP contribution is 2.29. The highest BCUT2D eigenvalue weighted by molar-refractivity contribution is 5.85. The number of rotatable bonds is 2. The normalized spacial score (nSPS) is 30.3. The lowest BCUT2D eigenvalue weighted by atomic mass is 9.79. The average molecular weight is 208 g/mol. The Morgan fingerprint density at radius 1 is 1.38 bits per heavy atom. The zero-order valence-corrected chi connectivity index (χ0v) is 8.72. The Morgan fingerprint density at radius 3 is 2.23 bits per heavy atom. The maximum Gasteiger partial charge on any atom is 0.306 e. The number of carboxylic acid groups (broad SMARTS) is 1. The van der Waals surface area contributed by atoms with Crippen molar-refractivity contribution >= 4 is 18.4 Å². The van der Waals surface area contributed by atoms with Crippen molar-refractivity contribution in [2.24, 2.45) is 17.6 Å². The summed E-state index contributed by atoms with van der Waals surface area (Å²) in [4.78, 5) is 10.6. The molecular weight excluding hydrogens is 190 g/mol. The van der Waals surface area contributed by atoms with Gasteiger partial charge in [-0.3, -0.25) is 4.79 Å². The molecule has 0 heterocycles. The SMILES string of the molecule is CC(C(=O)O)C1CCC(N)CC1.Cl. The molecular formula is C9H18ClNO2. The van der Waals surface area contributed by atoms with Crippen molar-refractivity contribution in [2.75, 3.05) is 0 Å². The van der Waals surface area contributed by atoms with E-state index in [0.29, 0.717) is 12.0 Å². The van der Waals surface area contributed by atoms with Crippen LogP contribution in [0.3, 0.4) is 0 Å². The second-order valence-corrected chi connectivity index (χ2v) is 3.80. The summed E-state index contributed by atoms with van der Waals surface area (Å²) >= 11 is 0. The van der Waals surface area contributed by atoms with E-state index >= 15 is 0 Å². The van der Waals surface area contributed by atoms with Gasteiger partial charge in [0.25, 0.3) is 0 Å². The lowest BCUT2D eigenvalue weighted by Crippen LogP contribution is -2.31. The second kappa shape index (κ2) is 5.45. The Morgan fingerprint density at radius 2 is 1.85 bits per heavy atom. The zero-order valence-electron chi connectivity index (χ0n) is 7.90. The smallest absolute Gasteiger partial charge is 0.306 e. The quantitative estimate of drug-likeness (QED) is 0.724. The number of carboxylic acids is 1. The average Bonchev–Trinajstić information content (AvgIpc) is 2.04. The highest BCUT2D eigenvalue weighted by Gasteiger charge is 2.27. The van der Waals surface area contributed by atoms with Crippen LogP contribution in [0.1, 0.15) is 32.6 Å². The van der Waals surface area contributed by atoms with Gasteiger partial charge in [0, 0.05) is 6.04 Å². The summed E-state index contributed by atoms with van der Waals surface area (Å²) in [6, 6.07) is 0.308. The van der Waals surface area contributed by atoms with Crippen molar-refractivity contribution in [1.82, 2.24) is 0 Å². The van der Waals surface area contributed by atoms with Gasteiger partial charge in [0.05, 0.1) is 5.92 Å². The van der Waals surface area contributed by atoms with Crippen LogP contribution in [0.5, 0.6) is 0 Å². The topological polar surface area (TPSA) is 63.3 Å². The van der Waals surface area contributed by atoms with Gasteiger partial charge < -0.3 is 10.8 Å².